The largest absolute Gasteiger partial charge is 0.480 e. The van der Waals surface area contributed by atoms with Gasteiger partial charge >= 0.3 is 5.97 Å². The van der Waals surface area contributed by atoms with Crippen LogP contribution in [0.2, 0.25) is 0 Å². The van der Waals surface area contributed by atoms with Crippen molar-refractivity contribution in [3.8, 4) is 0 Å². The molecule has 0 aliphatic heterocycles. The molecule has 102 valence electrons. The molecular formula is C12H20N2O4. The Morgan fingerprint density at radius 1 is 1.67 bits per heavy atom. The Morgan fingerprint density at radius 3 is 2.94 bits per heavy atom. The van der Waals surface area contributed by atoms with E-state index in [1.165, 1.54) is 0 Å². The van der Waals surface area contributed by atoms with Crippen LogP contribution < -0.4 is 0 Å². The van der Waals surface area contributed by atoms with Crippen LogP contribution >= 0.6 is 0 Å². The van der Waals surface area contributed by atoms with Crippen molar-refractivity contribution in [3.63, 3.8) is 0 Å². The maximum absolute atomic E-state index is 10.8. The fraction of sp³-hybridized carbons (Fsp3) is 0.667. The molecule has 0 aromatic carbocycles. The Bertz CT molecular complexity index is 378. The van der Waals surface area contributed by atoms with E-state index in [4.69, 9.17) is 14.4 Å². The summed E-state index contributed by atoms with van der Waals surface area (Å²) in [4.78, 5) is 12.7. The van der Waals surface area contributed by atoms with E-state index in [0.717, 1.165) is 12.1 Å². The molecule has 1 atom stereocenters. The molecule has 1 rings (SSSR count). The molecule has 0 saturated heterocycles. The fourth-order valence-corrected chi connectivity index (χ4v) is 1.65. The van der Waals surface area contributed by atoms with E-state index in [9.17, 15) is 4.79 Å². The standard InChI is InChI=1S/C12H20N2O4/c1-4-9(2)14(7-12(15)16)6-10-5-11(8-17-3)18-13-10/h5,9H,4,6-8H2,1-3H3,(H,15,16). The van der Waals surface area contributed by atoms with Crippen LogP contribution in [0.3, 0.4) is 0 Å². The molecule has 1 N–H and O–H groups in total. The highest BCUT2D eigenvalue weighted by molar-refractivity contribution is 5.69. The van der Waals surface area contributed by atoms with E-state index >= 15 is 0 Å². The molecule has 18 heavy (non-hydrogen) atoms. The predicted octanol–water partition coefficient (Wildman–Crippen LogP) is 1.51. The number of aromatic nitrogens is 1. The second kappa shape index (κ2) is 7.13. The van der Waals surface area contributed by atoms with Crippen LogP contribution in [0.4, 0.5) is 0 Å². The molecule has 1 unspecified atom stereocenters. The summed E-state index contributed by atoms with van der Waals surface area (Å²) in [6.07, 6.45) is 0.885. The highest BCUT2D eigenvalue weighted by Gasteiger charge is 2.17. The molecule has 0 spiro atoms. The molecule has 0 amide bonds. The highest BCUT2D eigenvalue weighted by Crippen LogP contribution is 2.11. The first-order valence-electron chi connectivity index (χ1n) is 5.96. The number of hydrogen-bond acceptors (Lipinski definition) is 5. The van der Waals surface area contributed by atoms with E-state index in [0.29, 0.717) is 18.9 Å². The van der Waals surface area contributed by atoms with Gasteiger partial charge in [-0.2, -0.15) is 0 Å². The van der Waals surface area contributed by atoms with Crippen LogP contribution in [0.15, 0.2) is 10.6 Å². The monoisotopic (exact) mass is 256 g/mol. The number of carbonyl (C=O) groups is 1. The topological polar surface area (TPSA) is 75.8 Å². The number of rotatable bonds is 8. The molecule has 0 bridgehead atoms. The Morgan fingerprint density at radius 2 is 2.39 bits per heavy atom. The SMILES string of the molecule is CCC(C)N(CC(=O)O)Cc1cc(COC)on1. The molecule has 0 fully saturated rings. The number of methoxy groups -OCH3 is 1. The summed E-state index contributed by atoms with van der Waals surface area (Å²) < 4.78 is 10.0. The zero-order valence-corrected chi connectivity index (χ0v) is 11.0. The van der Waals surface area contributed by atoms with E-state index in [1.807, 2.05) is 18.7 Å². The Hall–Kier alpha value is -1.40. The summed E-state index contributed by atoms with van der Waals surface area (Å²) in [7, 11) is 1.58. The van der Waals surface area contributed by atoms with Crippen molar-refractivity contribution in [2.75, 3.05) is 13.7 Å². The molecule has 0 aliphatic carbocycles. The van der Waals surface area contributed by atoms with Crippen LogP contribution in [-0.2, 0) is 22.7 Å². The maximum Gasteiger partial charge on any atom is 0.317 e. The van der Waals surface area contributed by atoms with Gasteiger partial charge in [-0.1, -0.05) is 12.1 Å². The van der Waals surface area contributed by atoms with Crippen LogP contribution in [0.1, 0.15) is 31.7 Å². The third-order valence-corrected chi connectivity index (χ3v) is 2.81. The Balaban J connectivity index is 2.66. The van der Waals surface area contributed by atoms with Crippen molar-refractivity contribution in [3.05, 3.63) is 17.5 Å². The summed E-state index contributed by atoms with van der Waals surface area (Å²) in [6.45, 7) is 4.86. The molecule has 6 heteroatoms. The number of ether oxygens (including phenoxy) is 1. The van der Waals surface area contributed by atoms with Gasteiger partial charge in [0, 0.05) is 25.8 Å². The van der Waals surface area contributed by atoms with Gasteiger partial charge in [-0.25, -0.2) is 0 Å². The lowest BCUT2D eigenvalue weighted by Gasteiger charge is -2.25. The smallest absolute Gasteiger partial charge is 0.317 e. The molecule has 6 nitrogen and oxygen atoms in total. The number of hydrogen-bond donors (Lipinski definition) is 1. The van der Waals surface area contributed by atoms with Gasteiger partial charge in [-0.05, 0) is 13.3 Å². The van der Waals surface area contributed by atoms with Gasteiger partial charge in [-0.15, -0.1) is 0 Å². The first kappa shape index (κ1) is 14.7. The van der Waals surface area contributed by atoms with Crippen molar-refractivity contribution >= 4 is 5.97 Å². The van der Waals surface area contributed by atoms with E-state index < -0.39 is 5.97 Å². The summed E-state index contributed by atoms with van der Waals surface area (Å²) in [5, 5.41) is 12.8. The summed E-state index contributed by atoms with van der Waals surface area (Å²) in [6, 6.07) is 1.98. The Kier molecular flexibility index (Phi) is 5.80. The third kappa shape index (κ3) is 4.46. The molecule has 1 aromatic heterocycles. The van der Waals surface area contributed by atoms with Crippen LogP contribution in [-0.4, -0.2) is 40.8 Å². The molecule has 0 radical (unpaired) electrons. The molecule has 0 aliphatic rings. The summed E-state index contributed by atoms with van der Waals surface area (Å²) in [5.41, 5.74) is 0.726. The van der Waals surface area contributed by atoms with Gasteiger partial charge < -0.3 is 14.4 Å². The minimum Gasteiger partial charge on any atom is -0.480 e. The molecule has 0 saturated carbocycles. The number of aliphatic carboxylic acids is 1. The third-order valence-electron chi connectivity index (χ3n) is 2.81. The van der Waals surface area contributed by atoms with Gasteiger partial charge in [0.2, 0.25) is 0 Å². The number of nitrogens with zero attached hydrogens (tertiary/aromatic N) is 2. The van der Waals surface area contributed by atoms with Crippen LogP contribution in [0.25, 0.3) is 0 Å². The number of carboxylic acids is 1. The highest BCUT2D eigenvalue weighted by atomic mass is 16.5. The van der Waals surface area contributed by atoms with E-state index in [2.05, 4.69) is 5.16 Å². The average molecular weight is 256 g/mol. The van der Waals surface area contributed by atoms with Crippen molar-refractivity contribution in [2.24, 2.45) is 0 Å². The minimum absolute atomic E-state index is 0.00147. The van der Waals surface area contributed by atoms with Crippen molar-refractivity contribution < 1.29 is 19.2 Å². The lowest BCUT2D eigenvalue weighted by molar-refractivity contribution is -0.139. The van der Waals surface area contributed by atoms with Crippen molar-refractivity contribution in [1.29, 1.82) is 0 Å². The summed E-state index contributed by atoms with van der Waals surface area (Å²) >= 11 is 0. The lowest BCUT2D eigenvalue weighted by atomic mass is 10.2. The van der Waals surface area contributed by atoms with Gasteiger partial charge in [0.25, 0.3) is 0 Å². The second-order valence-electron chi connectivity index (χ2n) is 4.27. The van der Waals surface area contributed by atoms with Crippen molar-refractivity contribution in [2.45, 2.75) is 39.5 Å². The van der Waals surface area contributed by atoms with Crippen LogP contribution in [0.5, 0.6) is 0 Å². The molecule has 1 aromatic rings. The quantitative estimate of drug-likeness (QED) is 0.759. The molecular weight excluding hydrogens is 236 g/mol. The Labute approximate surface area is 107 Å². The minimum atomic E-state index is -0.837. The normalized spacial score (nSPS) is 12.9. The zero-order chi connectivity index (χ0) is 13.5. The first-order valence-corrected chi connectivity index (χ1v) is 5.96. The predicted molar refractivity (Wildman–Crippen MR) is 65.0 cm³/mol. The second-order valence-corrected chi connectivity index (χ2v) is 4.27. The van der Waals surface area contributed by atoms with Crippen LogP contribution in [0, 0.1) is 0 Å². The van der Waals surface area contributed by atoms with E-state index in [-0.39, 0.29) is 12.6 Å². The summed E-state index contributed by atoms with van der Waals surface area (Å²) in [5.74, 6) is -0.192. The van der Waals surface area contributed by atoms with E-state index in [1.54, 1.807) is 13.2 Å². The maximum atomic E-state index is 10.8. The molecule has 1 heterocycles. The fourth-order valence-electron chi connectivity index (χ4n) is 1.65. The first-order chi connectivity index (χ1) is 8.56. The average Bonchev–Trinajstić information content (AvgIpc) is 2.75. The number of carboxylic acid groups (broad SMARTS) is 1. The van der Waals surface area contributed by atoms with Gasteiger partial charge in [0.15, 0.2) is 5.76 Å². The van der Waals surface area contributed by atoms with Gasteiger partial charge in [0.1, 0.15) is 6.61 Å². The zero-order valence-electron chi connectivity index (χ0n) is 11.0. The lowest BCUT2D eigenvalue weighted by Crippen LogP contribution is -2.36. The van der Waals surface area contributed by atoms with Gasteiger partial charge in [-0.3, -0.25) is 9.69 Å². The van der Waals surface area contributed by atoms with Gasteiger partial charge in [0.05, 0.1) is 12.2 Å². The van der Waals surface area contributed by atoms with Crippen molar-refractivity contribution in [1.82, 2.24) is 10.1 Å².